The maximum absolute atomic E-state index is 13.1. The molecule has 0 fully saturated rings. The zero-order valence-corrected chi connectivity index (χ0v) is 19.1. The lowest BCUT2D eigenvalue weighted by Crippen LogP contribution is -2.17. The average molecular weight is 485 g/mol. The van der Waals surface area contributed by atoms with E-state index in [0.29, 0.717) is 23.5 Å². The molecule has 35 heavy (non-hydrogen) atoms. The quantitative estimate of drug-likeness (QED) is 0.433. The van der Waals surface area contributed by atoms with Crippen molar-refractivity contribution in [3.05, 3.63) is 70.3 Å². The van der Waals surface area contributed by atoms with Gasteiger partial charge in [0.2, 0.25) is 5.91 Å². The summed E-state index contributed by atoms with van der Waals surface area (Å²) in [6.45, 7) is 5.25. The third kappa shape index (κ3) is 4.72. The SMILES string of the molecule is Cc1cc(NC(=O)CCc2c(C)nc3c(C(N)=O)cnn3c2C)n(-c2cccc(C(F)(F)F)c2)n1. The van der Waals surface area contributed by atoms with Crippen LogP contribution >= 0.6 is 0 Å². The fraction of sp³-hybridized carbons (Fsp3) is 0.261. The van der Waals surface area contributed by atoms with Gasteiger partial charge in [-0.15, -0.1) is 0 Å². The first-order chi connectivity index (χ1) is 16.5. The number of halogens is 3. The molecule has 1 aromatic carbocycles. The van der Waals surface area contributed by atoms with Gasteiger partial charge in [-0.3, -0.25) is 9.59 Å². The number of carbonyl (C=O) groups is 2. The molecule has 0 spiro atoms. The molecular formula is C23H22F3N7O2. The molecule has 3 aromatic heterocycles. The van der Waals surface area contributed by atoms with Gasteiger partial charge < -0.3 is 11.1 Å². The van der Waals surface area contributed by atoms with Crippen LogP contribution in [0.5, 0.6) is 0 Å². The second-order valence-electron chi connectivity index (χ2n) is 8.10. The zero-order valence-electron chi connectivity index (χ0n) is 19.1. The Labute approximate surface area is 197 Å². The molecule has 0 radical (unpaired) electrons. The van der Waals surface area contributed by atoms with Gasteiger partial charge >= 0.3 is 6.18 Å². The predicted molar refractivity (Wildman–Crippen MR) is 121 cm³/mol. The summed E-state index contributed by atoms with van der Waals surface area (Å²) in [6, 6.07) is 6.29. The summed E-state index contributed by atoms with van der Waals surface area (Å²) in [5.41, 5.74) is 7.96. The highest BCUT2D eigenvalue weighted by Crippen LogP contribution is 2.31. The molecule has 3 N–H and O–H groups in total. The van der Waals surface area contributed by atoms with Crippen LogP contribution in [-0.4, -0.2) is 36.2 Å². The summed E-state index contributed by atoms with van der Waals surface area (Å²) in [5, 5.41) is 11.1. The molecule has 182 valence electrons. The molecule has 0 unspecified atom stereocenters. The van der Waals surface area contributed by atoms with Crippen LogP contribution in [0.15, 0.2) is 36.5 Å². The lowest BCUT2D eigenvalue weighted by Gasteiger charge is -2.13. The van der Waals surface area contributed by atoms with Crippen molar-refractivity contribution in [1.29, 1.82) is 0 Å². The van der Waals surface area contributed by atoms with Crippen molar-refractivity contribution in [1.82, 2.24) is 24.4 Å². The van der Waals surface area contributed by atoms with Crippen molar-refractivity contribution < 1.29 is 22.8 Å². The fourth-order valence-electron chi connectivity index (χ4n) is 3.89. The molecule has 0 bridgehead atoms. The number of nitrogens with zero attached hydrogens (tertiary/aromatic N) is 5. The predicted octanol–water partition coefficient (Wildman–Crippen LogP) is 3.53. The molecule has 0 saturated carbocycles. The van der Waals surface area contributed by atoms with Crippen molar-refractivity contribution in [2.24, 2.45) is 5.73 Å². The number of primary amides is 1. The van der Waals surface area contributed by atoms with Gasteiger partial charge in [0.05, 0.1) is 23.1 Å². The zero-order chi connectivity index (χ0) is 25.5. The number of hydrogen-bond donors (Lipinski definition) is 2. The number of aryl methyl sites for hydroxylation is 3. The number of alkyl halides is 3. The van der Waals surface area contributed by atoms with E-state index < -0.39 is 17.6 Å². The third-order valence-corrected chi connectivity index (χ3v) is 5.59. The minimum absolute atomic E-state index is 0.0750. The van der Waals surface area contributed by atoms with Crippen LogP contribution in [0.3, 0.4) is 0 Å². The average Bonchev–Trinajstić information content (AvgIpc) is 3.36. The van der Waals surface area contributed by atoms with Gasteiger partial charge in [-0.05, 0) is 51.0 Å². The molecule has 0 atom stereocenters. The lowest BCUT2D eigenvalue weighted by atomic mass is 10.1. The van der Waals surface area contributed by atoms with E-state index >= 15 is 0 Å². The van der Waals surface area contributed by atoms with E-state index in [9.17, 15) is 22.8 Å². The van der Waals surface area contributed by atoms with Gasteiger partial charge in [0.25, 0.3) is 5.91 Å². The van der Waals surface area contributed by atoms with E-state index in [1.807, 2.05) is 0 Å². The first-order valence-electron chi connectivity index (χ1n) is 10.6. The van der Waals surface area contributed by atoms with E-state index in [-0.39, 0.29) is 29.4 Å². The summed E-state index contributed by atoms with van der Waals surface area (Å²) in [6.07, 6.45) is -2.75. The maximum Gasteiger partial charge on any atom is 0.416 e. The Morgan fingerprint density at radius 1 is 1.14 bits per heavy atom. The molecule has 12 heteroatoms. The van der Waals surface area contributed by atoms with Crippen LogP contribution in [-0.2, 0) is 17.4 Å². The standard InChI is InChI=1S/C23H22F3N7O2/c1-12-9-19(33(31-12)16-6-4-5-15(10-16)23(24,25)26)30-20(34)8-7-17-13(2)29-22-18(21(27)35)11-28-32(22)14(17)3/h4-6,9-11H,7-8H2,1-3H3,(H2,27,35)(H,30,34). The molecule has 0 aliphatic carbocycles. The molecule has 9 nitrogen and oxygen atoms in total. The lowest BCUT2D eigenvalue weighted by molar-refractivity contribution is -0.137. The van der Waals surface area contributed by atoms with Gasteiger partial charge in [-0.2, -0.15) is 23.4 Å². The van der Waals surface area contributed by atoms with E-state index in [1.54, 1.807) is 26.8 Å². The molecule has 0 saturated heterocycles. The van der Waals surface area contributed by atoms with Crippen molar-refractivity contribution in [2.75, 3.05) is 5.32 Å². The molecule has 0 aliphatic heterocycles. The monoisotopic (exact) mass is 485 g/mol. The van der Waals surface area contributed by atoms with Crippen LogP contribution in [0.25, 0.3) is 11.3 Å². The number of aromatic nitrogens is 5. The van der Waals surface area contributed by atoms with Crippen molar-refractivity contribution in [3.8, 4) is 5.69 Å². The Balaban J connectivity index is 1.54. The minimum Gasteiger partial charge on any atom is -0.365 e. The van der Waals surface area contributed by atoms with Crippen LogP contribution in [0, 0.1) is 20.8 Å². The summed E-state index contributed by atoms with van der Waals surface area (Å²) in [5.74, 6) is -0.728. The molecule has 3 heterocycles. The number of fused-ring (bicyclic) bond motifs is 1. The number of anilines is 1. The van der Waals surface area contributed by atoms with Crippen LogP contribution < -0.4 is 11.1 Å². The Kier molecular flexibility index (Phi) is 6.05. The van der Waals surface area contributed by atoms with E-state index in [1.165, 1.54) is 27.5 Å². The van der Waals surface area contributed by atoms with Crippen LogP contribution in [0.4, 0.5) is 19.0 Å². The second-order valence-corrected chi connectivity index (χ2v) is 8.10. The van der Waals surface area contributed by atoms with E-state index in [4.69, 9.17) is 5.73 Å². The van der Waals surface area contributed by atoms with Gasteiger partial charge in [0.15, 0.2) is 5.65 Å². The van der Waals surface area contributed by atoms with Crippen molar-refractivity contribution in [3.63, 3.8) is 0 Å². The van der Waals surface area contributed by atoms with Gasteiger partial charge in [0.1, 0.15) is 11.4 Å². The van der Waals surface area contributed by atoms with Gasteiger partial charge in [-0.1, -0.05) is 6.07 Å². The number of amides is 2. The van der Waals surface area contributed by atoms with E-state index in [0.717, 1.165) is 23.4 Å². The van der Waals surface area contributed by atoms with Gasteiger partial charge in [-0.25, -0.2) is 14.2 Å². The largest absolute Gasteiger partial charge is 0.416 e. The van der Waals surface area contributed by atoms with Gasteiger partial charge in [0, 0.05) is 23.9 Å². The normalized spacial score (nSPS) is 11.7. The van der Waals surface area contributed by atoms with Crippen molar-refractivity contribution >= 4 is 23.3 Å². The minimum atomic E-state index is -4.50. The summed E-state index contributed by atoms with van der Waals surface area (Å²) >= 11 is 0. The summed E-state index contributed by atoms with van der Waals surface area (Å²) in [4.78, 5) is 28.8. The highest BCUT2D eigenvalue weighted by atomic mass is 19.4. The number of hydrogen-bond acceptors (Lipinski definition) is 5. The van der Waals surface area contributed by atoms with Crippen molar-refractivity contribution in [2.45, 2.75) is 39.8 Å². The van der Waals surface area contributed by atoms with Crippen LogP contribution in [0.1, 0.15) is 45.0 Å². The first-order valence-corrected chi connectivity index (χ1v) is 10.6. The molecule has 4 rings (SSSR count). The molecule has 4 aromatic rings. The Morgan fingerprint density at radius 3 is 2.57 bits per heavy atom. The molecule has 2 amide bonds. The number of nitrogens with one attached hydrogen (secondary N) is 1. The Bertz CT molecular complexity index is 1450. The summed E-state index contributed by atoms with van der Waals surface area (Å²) < 4.78 is 42.2. The molecular weight excluding hydrogens is 463 g/mol. The second kappa shape index (κ2) is 8.85. The first kappa shape index (κ1) is 23.9. The Morgan fingerprint density at radius 2 is 1.89 bits per heavy atom. The molecule has 0 aliphatic rings. The number of carbonyl (C=O) groups excluding carboxylic acids is 2. The van der Waals surface area contributed by atoms with Crippen LogP contribution in [0.2, 0.25) is 0 Å². The highest BCUT2D eigenvalue weighted by molar-refractivity contribution is 5.98. The summed E-state index contributed by atoms with van der Waals surface area (Å²) in [7, 11) is 0. The maximum atomic E-state index is 13.1. The third-order valence-electron chi connectivity index (χ3n) is 5.59. The smallest absolute Gasteiger partial charge is 0.365 e. The number of nitrogens with two attached hydrogens (primary N) is 1. The fourth-order valence-corrected chi connectivity index (χ4v) is 3.89. The highest BCUT2D eigenvalue weighted by Gasteiger charge is 2.30. The number of rotatable bonds is 6. The van der Waals surface area contributed by atoms with E-state index in [2.05, 4.69) is 20.5 Å². The topological polar surface area (TPSA) is 120 Å². The number of benzene rings is 1. The Hall–Kier alpha value is -4.22.